The number of nitrogens with two attached hydrogens (primary N) is 1. The van der Waals surface area contributed by atoms with Crippen LogP contribution in [0.2, 0.25) is 0 Å². The number of nitriles is 1. The van der Waals surface area contributed by atoms with E-state index in [-0.39, 0.29) is 5.60 Å². The Morgan fingerprint density at radius 3 is 1.67 bits per heavy atom. The van der Waals surface area contributed by atoms with Crippen LogP contribution in [-0.2, 0) is 4.84 Å². The minimum Gasteiger partial charge on any atom is -0.299 e. The molecule has 0 aliphatic carbocycles. The van der Waals surface area contributed by atoms with E-state index in [1.165, 1.54) is 5.40 Å². The van der Waals surface area contributed by atoms with Crippen LogP contribution in [0.15, 0.2) is 0 Å². The second-order valence-electron chi connectivity index (χ2n) is 2.33. The van der Waals surface area contributed by atoms with Gasteiger partial charge in [-0.1, -0.05) is 12.6 Å². The van der Waals surface area contributed by atoms with Crippen LogP contribution in [0.5, 0.6) is 0 Å². The molecule has 54 valence electrons. The van der Waals surface area contributed by atoms with Crippen molar-refractivity contribution >= 4 is 12.6 Å². The minimum atomic E-state index is -0.181. The topological polar surface area (TPSA) is 59.0 Å². The van der Waals surface area contributed by atoms with Gasteiger partial charge in [0.05, 0.1) is 5.60 Å². The van der Waals surface area contributed by atoms with Gasteiger partial charge in [0.1, 0.15) is 5.40 Å². The second kappa shape index (κ2) is 5.89. The summed E-state index contributed by atoms with van der Waals surface area (Å²) in [6.45, 7) is 5.69. The lowest BCUT2D eigenvalue weighted by atomic mass is 10.2. The lowest BCUT2D eigenvalue weighted by Gasteiger charge is -2.12. The maximum absolute atomic E-state index is 7.18. The third-order valence-corrected chi connectivity index (χ3v) is 0.354. The van der Waals surface area contributed by atoms with E-state index in [2.05, 4.69) is 17.5 Å². The van der Waals surface area contributed by atoms with Gasteiger partial charge in [0.25, 0.3) is 0 Å². The van der Waals surface area contributed by atoms with Crippen LogP contribution < -0.4 is 5.90 Å². The fourth-order valence-electron chi connectivity index (χ4n) is 0. The third kappa shape index (κ3) is 33.8. The Labute approximate surface area is 61.2 Å². The predicted molar refractivity (Wildman–Crippen MR) is 39.6 cm³/mol. The van der Waals surface area contributed by atoms with Crippen LogP contribution in [0.1, 0.15) is 20.8 Å². The number of thiocyanates is 1. The molecule has 0 aliphatic rings. The molecule has 0 aliphatic heterocycles. The van der Waals surface area contributed by atoms with Gasteiger partial charge in [-0.15, -0.1) is 0 Å². The Bertz CT molecular complexity index is 92.1. The smallest absolute Gasteiger partial charge is 0.130 e. The summed E-state index contributed by atoms with van der Waals surface area (Å²) in [5, 5.41) is 8.63. The molecule has 0 saturated heterocycles. The molecule has 0 heterocycles. The van der Waals surface area contributed by atoms with E-state index < -0.39 is 0 Å². The summed E-state index contributed by atoms with van der Waals surface area (Å²) in [5.41, 5.74) is -0.181. The van der Waals surface area contributed by atoms with Crippen molar-refractivity contribution in [2.24, 2.45) is 5.90 Å². The summed E-state index contributed by atoms with van der Waals surface area (Å²) >= 11 is 3.09. The van der Waals surface area contributed by atoms with Gasteiger partial charge in [0.2, 0.25) is 0 Å². The third-order valence-electron chi connectivity index (χ3n) is 0.354. The Kier molecular flexibility index (Phi) is 7.55. The highest BCUT2D eigenvalue weighted by atomic mass is 32.1. The van der Waals surface area contributed by atoms with E-state index in [9.17, 15) is 0 Å². The minimum absolute atomic E-state index is 0.181. The van der Waals surface area contributed by atoms with E-state index in [0.717, 1.165) is 0 Å². The van der Waals surface area contributed by atoms with Crippen LogP contribution in [-0.4, -0.2) is 5.60 Å². The summed E-state index contributed by atoms with van der Waals surface area (Å²) in [6, 6.07) is 0. The first-order valence-electron chi connectivity index (χ1n) is 2.39. The van der Waals surface area contributed by atoms with Crippen LogP contribution >= 0.6 is 12.6 Å². The Balaban J connectivity index is 0. The average molecular weight is 148 g/mol. The maximum Gasteiger partial charge on any atom is 0.130 e. The zero-order valence-corrected chi connectivity index (χ0v) is 6.77. The Morgan fingerprint density at radius 2 is 1.67 bits per heavy atom. The molecule has 0 fully saturated rings. The molecule has 4 heteroatoms. The van der Waals surface area contributed by atoms with Crippen molar-refractivity contribution in [3.05, 3.63) is 0 Å². The lowest BCUT2D eigenvalue weighted by Crippen LogP contribution is -2.22. The number of hydrogen-bond donors (Lipinski definition) is 2. The van der Waals surface area contributed by atoms with Crippen molar-refractivity contribution in [3.63, 3.8) is 0 Å². The van der Waals surface area contributed by atoms with Crippen molar-refractivity contribution in [1.29, 1.82) is 5.26 Å². The van der Waals surface area contributed by atoms with E-state index in [1.54, 1.807) is 0 Å². The van der Waals surface area contributed by atoms with E-state index >= 15 is 0 Å². The molecular formula is C5H12N2OS. The molecule has 9 heavy (non-hydrogen) atoms. The average Bonchev–Trinajstić information content (AvgIpc) is 1.67. The molecule has 3 nitrogen and oxygen atoms in total. The molecule has 0 aromatic heterocycles. The molecular weight excluding hydrogens is 136 g/mol. The normalized spacial score (nSPS) is 8.89. The number of thiol groups is 1. The van der Waals surface area contributed by atoms with Crippen LogP contribution in [0.4, 0.5) is 0 Å². The highest BCUT2D eigenvalue weighted by molar-refractivity contribution is 7.85. The highest BCUT2D eigenvalue weighted by Crippen LogP contribution is 2.00. The van der Waals surface area contributed by atoms with Crippen LogP contribution in [0.25, 0.3) is 0 Å². The molecule has 0 rings (SSSR count). The van der Waals surface area contributed by atoms with Gasteiger partial charge >= 0.3 is 0 Å². The molecule has 0 aromatic rings. The van der Waals surface area contributed by atoms with E-state index in [4.69, 9.17) is 11.2 Å². The molecule has 0 saturated carbocycles. The molecule has 0 atom stereocenters. The van der Waals surface area contributed by atoms with Gasteiger partial charge in [0.15, 0.2) is 0 Å². The summed E-state index contributed by atoms with van der Waals surface area (Å²) in [5.74, 6) is 4.81. The van der Waals surface area contributed by atoms with E-state index in [1.807, 2.05) is 20.8 Å². The summed E-state index contributed by atoms with van der Waals surface area (Å²) in [6.07, 6.45) is 0. The summed E-state index contributed by atoms with van der Waals surface area (Å²) in [4.78, 5) is 4.44. The molecule has 0 spiro atoms. The molecule has 0 unspecified atom stereocenters. The fraction of sp³-hybridized carbons (Fsp3) is 0.800. The standard InChI is InChI=1S/C4H11NO.CHNS/c1-4(2,3)6-5;2-1-3/h5H2,1-3H3;3H. The summed E-state index contributed by atoms with van der Waals surface area (Å²) in [7, 11) is 0. The summed E-state index contributed by atoms with van der Waals surface area (Å²) < 4.78 is 0. The molecule has 2 N–H and O–H groups in total. The van der Waals surface area contributed by atoms with Gasteiger partial charge in [-0.25, -0.2) is 5.90 Å². The first kappa shape index (κ1) is 11.5. The molecule has 0 aromatic carbocycles. The SMILES string of the molecule is CC(C)(C)ON.N#CS. The predicted octanol–water partition coefficient (Wildman–Crippen LogP) is 1.07. The number of hydrogen-bond acceptors (Lipinski definition) is 4. The van der Waals surface area contributed by atoms with Gasteiger partial charge in [0, 0.05) is 0 Å². The highest BCUT2D eigenvalue weighted by Gasteiger charge is 2.05. The zero-order valence-electron chi connectivity index (χ0n) is 5.88. The van der Waals surface area contributed by atoms with Crippen molar-refractivity contribution in [2.45, 2.75) is 26.4 Å². The number of rotatable bonds is 0. The maximum atomic E-state index is 7.18. The lowest BCUT2D eigenvalue weighted by molar-refractivity contribution is -0.00428. The molecule has 0 bridgehead atoms. The second-order valence-corrected chi connectivity index (χ2v) is 2.53. The quantitative estimate of drug-likeness (QED) is 0.307. The first-order chi connectivity index (χ1) is 3.97. The Hall–Kier alpha value is -0.240. The number of nitrogens with zero attached hydrogens (tertiary/aromatic N) is 1. The Morgan fingerprint density at radius 1 is 1.56 bits per heavy atom. The van der Waals surface area contributed by atoms with Crippen molar-refractivity contribution < 1.29 is 4.84 Å². The first-order valence-corrected chi connectivity index (χ1v) is 2.83. The van der Waals surface area contributed by atoms with Crippen LogP contribution in [0.3, 0.4) is 0 Å². The van der Waals surface area contributed by atoms with Gasteiger partial charge < -0.3 is 0 Å². The zero-order chi connectivity index (χ0) is 7.91. The van der Waals surface area contributed by atoms with Gasteiger partial charge in [-0.3, -0.25) is 4.84 Å². The van der Waals surface area contributed by atoms with E-state index in [0.29, 0.717) is 0 Å². The van der Waals surface area contributed by atoms with Crippen LogP contribution in [0, 0.1) is 10.7 Å². The molecule has 0 radical (unpaired) electrons. The largest absolute Gasteiger partial charge is 0.299 e. The van der Waals surface area contributed by atoms with Crippen molar-refractivity contribution in [3.8, 4) is 5.40 Å². The monoisotopic (exact) mass is 148 g/mol. The van der Waals surface area contributed by atoms with Gasteiger partial charge in [-0.2, -0.15) is 5.26 Å². The van der Waals surface area contributed by atoms with Crippen molar-refractivity contribution in [1.82, 2.24) is 0 Å². The van der Waals surface area contributed by atoms with Crippen molar-refractivity contribution in [2.75, 3.05) is 0 Å². The fourth-order valence-corrected chi connectivity index (χ4v) is 0. The molecule has 0 amide bonds. The van der Waals surface area contributed by atoms with Gasteiger partial charge in [-0.05, 0) is 20.8 Å².